The first-order chi connectivity index (χ1) is 20.0. The van der Waals surface area contributed by atoms with Crippen molar-refractivity contribution in [3.8, 4) is 0 Å². The van der Waals surface area contributed by atoms with Crippen molar-refractivity contribution in [1.82, 2.24) is 0 Å². The Labute approximate surface area is 270 Å². The molecule has 2 aliphatic rings. The van der Waals surface area contributed by atoms with Crippen LogP contribution in [-0.2, 0) is 21.7 Å². The molecule has 2 aromatic carbocycles. The predicted octanol–water partition coefficient (Wildman–Crippen LogP) is 10.1. The highest BCUT2D eigenvalue weighted by molar-refractivity contribution is 6.50. The van der Waals surface area contributed by atoms with Crippen LogP contribution in [0.25, 0.3) is 0 Å². The number of nitrogens with zero attached hydrogens (tertiary/aromatic N) is 4. The van der Waals surface area contributed by atoms with Crippen LogP contribution in [0.3, 0.4) is 0 Å². The lowest BCUT2D eigenvalue weighted by atomic mass is 9.80. The van der Waals surface area contributed by atoms with E-state index in [1.807, 2.05) is 0 Å². The van der Waals surface area contributed by atoms with Crippen LogP contribution in [0.4, 0.5) is 11.4 Å². The van der Waals surface area contributed by atoms with Gasteiger partial charge >= 0.3 is 0 Å². The van der Waals surface area contributed by atoms with Crippen molar-refractivity contribution in [3.63, 3.8) is 0 Å². The van der Waals surface area contributed by atoms with E-state index in [-0.39, 0.29) is 33.7 Å². The Bertz CT molecular complexity index is 1240. The molecule has 2 unspecified atom stereocenters. The van der Waals surface area contributed by atoms with Gasteiger partial charge in [0.25, 0.3) is 0 Å². The van der Waals surface area contributed by atoms with E-state index in [0.29, 0.717) is 11.8 Å². The Morgan fingerprint density at radius 2 is 0.727 bits per heavy atom. The number of aliphatic imine (C=N–C) groups is 2. The van der Waals surface area contributed by atoms with E-state index in [4.69, 9.17) is 9.98 Å². The van der Waals surface area contributed by atoms with Crippen LogP contribution in [0.15, 0.2) is 46.4 Å². The van der Waals surface area contributed by atoms with Gasteiger partial charge in [-0.2, -0.15) is 0 Å². The van der Waals surface area contributed by atoms with Crippen LogP contribution in [-0.4, -0.2) is 36.8 Å². The second-order valence-corrected chi connectivity index (χ2v) is 18.3. The summed E-state index contributed by atoms with van der Waals surface area (Å²) in [5.41, 5.74) is 8.10. The third-order valence-corrected chi connectivity index (χ3v) is 9.49. The molecule has 4 rings (SSSR count). The molecule has 2 atom stereocenters. The molecule has 4 heteroatoms. The van der Waals surface area contributed by atoms with E-state index >= 15 is 0 Å². The van der Waals surface area contributed by atoms with Crippen molar-refractivity contribution in [2.75, 3.05) is 22.9 Å². The fourth-order valence-electron chi connectivity index (χ4n) is 5.88. The van der Waals surface area contributed by atoms with Crippen molar-refractivity contribution in [2.45, 2.75) is 145 Å². The number of amidine groups is 2. The molecule has 2 heterocycles. The molecule has 2 aromatic rings. The Morgan fingerprint density at radius 1 is 0.477 bits per heavy atom. The van der Waals surface area contributed by atoms with E-state index in [9.17, 15) is 0 Å². The van der Waals surface area contributed by atoms with Gasteiger partial charge in [-0.25, -0.2) is 0 Å². The largest absolute Gasteiger partial charge is 0.321 e. The van der Waals surface area contributed by atoms with E-state index in [0.717, 1.165) is 24.8 Å². The molecule has 0 radical (unpaired) electrons. The van der Waals surface area contributed by atoms with Gasteiger partial charge in [-0.1, -0.05) is 123 Å². The summed E-state index contributed by atoms with van der Waals surface area (Å²) < 4.78 is 0. The van der Waals surface area contributed by atoms with Gasteiger partial charge < -0.3 is 9.80 Å². The number of hydrogen-bond acceptors (Lipinski definition) is 4. The van der Waals surface area contributed by atoms with Gasteiger partial charge in [0, 0.05) is 24.5 Å². The van der Waals surface area contributed by atoms with Gasteiger partial charge in [0.2, 0.25) is 0 Å². The van der Waals surface area contributed by atoms with Crippen molar-refractivity contribution < 1.29 is 0 Å². The highest BCUT2D eigenvalue weighted by Gasteiger charge is 2.39. The summed E-state index contributed by atoms with van der Waals surface area (Å²) >= 11 is 0. The molecular formula is C40H62N4. The van der Waals surface area contributed by atoms with Gasteiger partial charge in [-0.05, 0) is 80.0 Å². The first-order valence-corrected chi connectivity index (χ1v) is 17.0. The predicted molar refractivity (Wildman–Crippen MR) is 194 cm³/mol. The Morgan fingerprint density at radius 3 is 0.932 bits per heavy atom. The van der Waals surface area contributed by atoms with Crippen LogP contribution < -0.4 is 9.80 Å². The summed E-state index contributed by atoms with van der Waals surface area (Å²) in [6.07, 6.45) is 0. The zero-order valence-corrected chi connectivity index (χ0v) is 31.0. The smallest absolute Gasteiger partial charge is 0.172 e. The van der Waals surface area contributed by atoms with Crippen LogP contribution in [0.5, 0.6) is 0 Å². The number of rotatable bonds is 5. The third-order valence-electron chi connectivity index (χ3n) is 9.49. The molecule has 0 spiro atoms. The zero-order valence-electron chi connectivity index (χ0n) is 31.0. The highest BCUT2D eigenvalue weighted by atomic mass is 15.4. The molecule has 0 bridgehead atoms. The summed E-state index contributed by atoms with van der Waals surface area (Å²) in [6.45, 7) is 38.8. The summed E-state index contributed by atoms with van der Waals surface area (Å²) in [5, 5.41) is 0. The van der Waals surface area contributed by atoms with Crippen molar-refractivity contribution in [1.29, 1.82) is 0 Å². The standard InChI is InChI=1S/C40H62N4/c1-25(2)33-23-43(31-19-27(37(5,6)7)17-28(20-31)38(8,9)10)35(41-33)36-42-34(26(3)4)24-44(36)32-21-29(39(11,12)13)18-30(22-32)40(14,15)16/h17-22,25-26,33-34H,23-24H2,1-16H3. The van der Waals surface area contributed by atoms with Crippen molar-refractivity contribution in [2.24, 2.45) is 21.8 Å². The molecule has 44 heavy (non-hydrogen) atoms. The highest BCUT2D eigenvalue weighted by Crippen LogP contribution is 2.38. The molecule has 4 nitrogen and oxygen atoms in total. The monoisotopic (exact) mass is 598 g/mol. The lowest BCUT2D eigenvalue weighted by molar-refractivity contribution is 0.520. The fourth-order valence-corrected chi connectivity index (χ4v) is 5.88. The van der Waals surface area contributed by atoms with Gasteiger partial charge in [0.1, 0.15) is 0 Å². The molecule has 0 amide bonds. The third kappa shape index (κ3) is 7.26. The summed E-state index contributed by atoms with van der Waals surface area (Å²) in [6, 6.07) is 14.9. The van der Waals surface area contributed by atoms with Crippen LogP contribution in [0.1, 0.15) is 133 Å². The molecular weight excluding hydrogens is 536 g/mol. The van der Waals surface area contributed by atoms with E-state index in [1.165, 1.54) is 33.6 Å². The lowest BCUT2D eigenvalue weighted by Crippen LogP contribution is -2.43. The Kier molecular flexibility index (Phi) is 9.05. The normalized spacial score (nSPS) is 20.2. The fraction of sp³-hybridized carbons (Fsp3) is 0.650. The molecule has 2 aliphatic heterocycles. The van der Waals surface area contributed by atoms with Gasteiger partial charge in [-0.15, -0.1) is 0 Å². The van der Waals surface area contributed by atoms with Crippen molar-refractivity contribution >= 4 is 23.0 Å². The summed E-state index contributed by atoms with van der Waals surface area (Å²) in [4.78, 5) is 16.0. The van der Waals surface area contributed by atoms with Gasteiger partial charge in [0.15, 0.2) is 11.7 Å². The summed E-state index contributed by atoms with van der Waals surface area (Å²) in [5.74, 6) is 2.93. The Balaban J connectivity index is 1.93. The first kappa shape index (κ1) is 34.3. The Hall–Kier alpha value is -2.62. The minimum atomic E-state index is 0.0426. The maximum Gasteiger partial charge on any atom is 0.172 e. The van der Waals surface area contributed by atoms with Crippen LogP contribution >= 0.6 is 0 Å². The maximum absolute atomic E-state index is 5.49. The minimum absolute atomic E-state index is 0.0426. The lowest BCUT2D eigenvalue weighted by Gasteiger charge is -2.32. The van der Waals surface area contributed by atoms with E-state index in [1.54, 1.807) is 0 Å². The average Bonchev–Trinajstić information content (AvgIpc) is 3.51. The summed E-state index contributed by atoms with van der Waals surface area (Å²) in [7, 11) is 0. The quantitative estimate of drug-likeness (QED) is 0.343. The van der Waals surface area contributed by atoms with Crippen molar-refractivity contribution in [3.05, 3.63) is 58.7 Å². The van der Waals surface area contributed by atoms with Crippen LogP contribution in [0.2, 0.25) is 0 Å². The molecule has 0 N–H and O–H groups in total. The number of benzene rings is 2. The molecule has 0 fully saturated rings. The number of hydrogen-bond donors (Lipinski definition) is 0. The molecule has 0 aromatic heterocycles. The maximum atomic E-state index is 5.49. The minimum Gasteiger partial charge on any atom is -0.321 e. The first-order valence-electron chi connectivity index (χ1n) is 17.0. The molecule has 0 aliphatic carbocycles. The molecule has 242 valence electrons. The topological polar surface area (TPSA) is 31.2 Å². The zero-order chi connectivity index (χ0) is 33.2. The SMILES string of the molecule is CC(C)C1CN(c2cc(C(C)(C)C)cc(C(C)(C)C)c2)C(C2=NC(C(C)C)CN2c2cc(C(C)(C)C)cc(C(C)(C)C)c2)=N1. The molecule has 0 saturated carbocycles. The second-order valence-electron chi connectivity index (χ2n) is 18.3. The average molecular weight is 599 g/mol. The second kappa shape index (κ2) is 11.6. The number of anilines is 2. The van der Waals surface area contributed by atoms with Gasteiger partial charge in [0.05, 0.1) is 12.1 Å². The molecule has 0 saturated heterocycles. The van der Waals surface area contributed by atoms with Gasteiger partial charge in [-0.3, -0.25) is 9.98 Å². The van der Waals surface area contributed by atoms with E-state index < -0.39 is 0 Å². The van der Waals surface area contributed by atoms with Crippen LogP contribution in [0, 0.1) is 11.8 Å². The van der Waals surface area contributed by atoms with E-state index in [2.05, 4.69) is 157 Å².